The highest BCUT2D eigenvalue weighted by Gasteiger charge is 2.16. The van der Waals surface area contributed by atoms with E-state index in [0.717, 1.165) is 9.88 Å². The first-order chi connectivity index (χ1) is 14.5. The van der Waals surface area contributed by atoms with Gasteiger partial charge in [0, 0.05) is 24.7 Å². The zero-order valence-electron chi connectivity index (χ0n) is 16.0. The molecule has 0 radical (unpaired) electrons. The van der Waals surface area contributed by atoms with Crippen LogP contribution in [0.25, 0.3) is 21.1 Å². The maximum Gasteiger partial charge on any atom is 0.263 e. The summed E-state index contributed by atoms with van der Waals surface area (Å²) in [5.41, 5.74) is 1.58. The van der Waals surface area contributed by atoms with Gasteiger partial charge in [-0.15, -0.1) is 22.7 Å². The molecular formula is C21H17FN4O2S2. The molecule has 0 bridgehead atoms. The minimum Gasteiger partial charge on any atom is -0.349 e. The number of rotatable bonds is 6. The third-order valence-electron chi connectivity index (χ3n) is 4.39. The number of carbonyl (C=O) groups excluding carboxylic acids is 1. The molecule has 0 spiro atoms. The summed E-state index contributed by atoms with van der Waals surface area (Å²) in [6, 6.07) is 11.1. The minimum absolute atomic E-state index is 0.211. The van der Waals surface area contributed by atoms with Crippen molar-refractivity contribution in [2.75, 3.05) is 6.54 Å². The molecule has 152 valence electrons. The summed E-state index contributed by atoms with van der Waals surface area (Å²) in [7, 11) is 0. The van der Waals surface area contributed by atoms with Crippen LogP contribution in [0.1, 0.15) is 15.4 Å². The second-order valence-corrected chi connectivity index (χ2v) is 8.43. The van der Waals surface area contributed by atoms with Gasteiger partial charge in [-0.3, -0.25) is 14.2 Å². The molecular weight excluding hydrogens is 423 g/mol. The number of nitrogens with one attached hydrogen (secondary N) is 1. The summed E-state index contributed by atoms with van der Waals surface area (Å²) in [6.45, 7) is 2.38. The SMILES string of the molecule is Cc1nc(-c2cccs2)sc1C(=O)NCCn1cnc(-c2ccc(F)cc2)cc1=O. The Morgan fingerprint density at radius 1 is 1.23 bits per heavy atom. The quantitative estimate of drug-likeness (QED) is 0.492. The Balaban J connectivity index is 1.39. The Kier molecular flexibility index (Phi) is 5.82. The van der Waals surface area contributed by atoms with E-state index in [4.69, 9.17) is 0 Å². The minimum atomic E-state index is -0.346. The molecule has 9 heteroatoms. The van der Waals surface area contributed by atoms with Gasteiger partial charge in [-0.25, -0.2) is 14.4 Å². The fraction of sp³-hybridized carbons (Fsp3) is 0.143. The van der Waals surface area contributed by atoms with Crippen LogP contribution in [0.5, 0.6) is 0 Å². The van der Waals surface area contributed by atoms with Gasteiger partial charge in [-0.1, -0.05) is 6.07 Å². The van der Waals surface area contributed by atoms with Crippen LogP contribution in [-0.2, 0) is 6.54 Å². The topological polar surface area (TPSA) is 76.9 Å². The fourth-order valence-electron chi connectivity index (χ4n) is 2.86. The van der Waals surface area contributed by atoms with Crippen LogP contribution < -0.4 is 10.9 Å². The highest BCUT2D eigenvalue weighted by molar-refractivity contribution is 7.22. The second kappa shape index (κ2) is 8.68. The average Bonchev–Trinajstić information content (AvgIpc) is 3.39. The van der Waals surface area contributed by atoms with Gasteiger partial charge in [0.2, 0.25) is 0 Å². The molecule has 3 aromatic heterocycles. The van der Waals surface area contributed by atoms with E-state index < -0.39 is 0 Å². The van der Waals surface area contributed by atoms with Crippen LogP contribution in [0.2, 0.25) is 0 Å². The maximum atomic E-state index is 13.0. The lowest BCUT2D eigenvalue weighted by atomic mass is 10.1. The molecule has 0 atom stereocenters. The number of aromatic nitrogens is 3. The third-order valence-corrected chi connectivity index (χ3v) is 6.59. The van der Waals surface area contributed by atoms with Crippen molar-refractivity contribution in [2.45, 2.75) is 13.5 Å². The van der Waals surface area contributed by atoms with Crippen molar-refractivity contribution in [3.05, 3.63) is 80.9 Å². The van der Waals surface area contributed by atoms with Crippen molar-refractivity contribution in [1.29, 1.82) is 0 Å². The number of carbonyl (C=O) groups is 1. The Hall–Kier alpha value is -3.17. The van der Waals surface area contributed by atoms with E-state index in [1.807, 2.05) is 24.4 Å². The van der Waals surface area contributed by atoms with Crippen LogP contribution in [0.15, 0.2) is 59.0 Å². The zero-order valence-corrected chi connectivity index (χ0v) is 17.6. The molecule has 4 aromatic rings. The van der Waals surface area contributed by atoms with E-state index >= 15 is 0 Å². The molecule has 3 heterocycles. The highest BCUT2D eigenvalue weighted by Crippen LogP contribution is 2.30. The number of amides is 1. The van der Waals surface area contributed by atoms with Crippen LogP contribution in [-0.4, -0.2) is 27.0 Å². The lowest BCUT2D eigenvalue weighted by molar-refractivity contribution is 0.0955. The second-order valence-electron chi connectivity index (χ2n) is 6.48. The molecule has 0 aliphatic heterocycles. The molecule has 0 aliphatic rings. The molecule has 1 amide bonds. The van der Waals surface area contributed by atoms with Gasteiger partial charge in [-0.05, 0) is 42.6 Å². The van der Waals surface area contributed by atoms with Gasteiger partial charge >= 0.3 is 0 Å². The molecule has 0 saturated carbocycles. The van der Waals surface area contributed by atoms with E-state index in [-0.39, 0.29) is 30.4 Å². The van der Waals surface area contributed by atoms with Gasteiger partial charge in [-0.2, -0.15) is 0 Å². The summed E-state index contributed by atoms with van der Waals surface area (Å²) in [4.78, 5) is 35.2. The van der Waals surface area contributed by atoms with Crippen molar-refractivity contribution >= 4 is 28.6 Å². The number of thiazole rings is 1. The molecule has 4 rings (SSSR count). The summed E-state index contributed by atoms with van der Waals surface area (Å²) < 4.78 is 14.5. The number of hydrogen-bond donors (Lipinski definition) is 1. The Bertz CT molecular complexity index is 1230. The Morgan fingerprint density at radius 2 is 2.03 bits per heavy atom. The van der Waals surface area contributed by atoms with Crippen molar-refractivity contribution in [3.63, 3.8) is 0 Å². The number of thiophene rings is 1. The van der Waals surface area contributed by atoms with Gasteiger partial charge in [0.15, 0.2) is 0 Å². The van der Waals surface area contributed by atoms with Crippen molar-refractivity contribution < 1.29 is 9.18 Å². The van der Waals surface area contributed by atoms with Crippen LogP contribution >= 0.6 is 22.7 Å². The summed E-state index contributed by atoms with van der Waals surface area (Å²) >= 11 is 2.93. The number of aryl methyl sites for hydroxylation is 1. The number of hydrogen-bond acceptors (Lipinski definition) is 6. The van der Waals surface area contributed by atoms with E-state index in [1.54, 1.807) is 23.5 Å². The predicted molar refractivity (Wildman–Crippen MR) is 116 cm³/mol. The van der Waals surface area contributed by atoms with E-state index in [9.17, 15) is 14.0 Å². The predicted octanol–water partition coefficient (Wildman–Crippen LogP) is 3.97. The van der Waals surface area contributed by atoms with Crippen molar-refractivity contribution in [2.24, 2.45) is 0 Å². The zero-order chi connectivity index (χ0) is 21.1. The smallest absolute Gasteiger partial charge is 0.263 e. The van der Waals surface area contributed by atoms with Gasteiger partial charge in [0.1, 0.15) is 15.7 Å². The largest absolute Gasteiger partial charge is 0.349 e. The first-order valence-corrected chi connectivity index (χ1v) is 10.8. The van der Waals surface area contributed by atoms with Crippen LogP contribution in [0.3, 0.4) is 0 Å². The first-order valence-electron chi connectivity index (χ1n) is 9.13. The number of halogens is 1. The summed E-state index contributed by atoms with van der Waals surface area (Å²) in [5, 5.41) is 5.63. The maximum absolute atomic E-state index is 13.0. The molecule has 0 aliphatic carbocycles. The molecule has 0 fully saturated rings. The lowest BCUT2D eigenvalue weighted by Gasteiger charge is -2.08. The molecule has 1 aromatic carbocycles. The van der Waals surface area contributed by atoms with Gasteiger partial charge in [0.05, 0.1) is 22.6 Å². The van der Waals surface area contributed by atoms with Crippen molar-refractivity contribution in [3.8, 4) is 21.1 Å². The standard InChI is InChI=1S/C21H17FN4O2S2/c1-13-19(30-21(25-13)17-3-2-10-29-17)20(28)23-8-9-26-12-24-16(11-18(26)27)14-4-6-15(22)7-5-14/h2-7,10-12H,8-9H2,1H3,(H,23,28). The van der Waals surface area contributed by atoms with E-state index in [2.05, 4.69) is 15.3 Å². The van der Waals surface area contributed by atoms with E-state index in [1.165, 1.54) is 40.4 Å². The molecule has 1 N–H and O–H groups in total. The fourth-order valence-corrected chi connectivity index (χ4v) is 4.63. The molecule has 30 heavy (non-hydrogen) atoms. The molecule has 0 unspecified atom stereocenters. The summed E-state index contributed by atoms with van der Waals surface area (Å²) in [6.07, 6.45) is 1.43. The highest BCUT2D eigenvalue weighted by atomic mass is 32.1. The average molecular weight is 441 g/mol. The number of nitrogens with zero attached hydrogens (tertiary/aromatic N) is 3. The monoisotopic (exact) mass is 440 g/mol. The Labute approximate surface area is 179 Å². The normalized spacial score (nSPS) is 10.9. The van der Waals surface area contributed by atoms with Crippen LogP contribution in [0, 0.1) is 12.7 Å². The number of benzene rings is 1. The van der Waals surface area contributed by atoms with Gasteiger partial charge < -0.3 is 5.32 Å². The van der Waals surface area contributed by atoms with E-state index in [0.29, 0.717) is 21.8 Å². The first kappa shape index (κ1) is 20.1. The molecule has 0 saturated heterocycles. The molecule has 6 nitrogen and oxygen atoms in total. The Morgan fingerprint density at radius 3 is 2.73 bits per heavy atom. The van der Waals surface area contributed by atoms with Gasteiger partial charge in [0.25, 0.3) is 11.5 Å². The summed E-state index contributed by atoms with van der Waals surface area (Å²) in [5.74, 6) is -0.557. The van der Waals surface area contributed by atoms with Crippen LogP contribution in [0.4, 0.5) is 4.39 Å². The lowest BCUT2D eigenvalue weighted by Crippen LogP contribution is -2.30. The third kappa shape index (κ3) is 4.37. The van der Waals surface area contributed by atoms with Crippen molar-refractivity contribution in [1.82, 2.24) is 19.9 Å².